The van der Waals surface area contributed by atoms with Crippen LogP contribution in [-0.2, 0) is 0 Å². The van der Waals surface area contributed by atoms with Gasteiger partial charge in [-0.3, -0.25) is 0 Å². The normalized spacial score (nSPS) is 15.9. The van der Waals surface area contributed by atoms with E-state index >= 15 is 0 Å². The molecule has 0 aromatic rings. The minimum absolute atomic E-state index is 0. The fraction of sp³-hybridized carbons (Fsp3) is 1.00. The summed E-state index contributed by atoms with van der Waals surface area (Å²) in [7, 11) is 0. The molecule has 0 amide bonds. The Balaban J connectivity index is 0. The summed E-state index contributed by atoms with van der Waals surface area (Å²) in [6.07, 6.45) is -13.6. The Hall–Kier alpha value is -0.190. The fourth-order valence-corrected chi connectivity index (χ4v) is 1.12. The van der Waals surface area contributed by atoms with Crippen LogP contribution in [0.25, 0.3) is 0 Å². The molecule has 0 nitrogen and oxygen atoms in total. The van der Waals surface area contributed by atoms with Crippen molar-refractivity contribution in [1.29, 1.82) is 0 Å². The molecule has 0 bridgehead atoms. The molecule has 0 atom stereocenters. The van der Waals surface area contributed by atoms with Crippen LogP contribution in [0.15, 0.2) is 0 Å². The van der Waals surface area contributed by atoms with Crippen LogP contribution in [-0.4, -0.2) is 77.7 Å². The average Bonchev–Trinajstić information content (AvgIpc) is 2.35. The van der Waals surface area contributed by atoms with E-state index in [1.165, 1.54) is 0 Å². The third-order valence-electron chi connectivity index (χ3n) is 2.63. The molecule has 18 heteroatoms. The quantitative estimate of drug-likeness (QED) is 0.401. The van der Waals surface area contributed by atoms with Crippen LogP contribution in [0.1, 0.15) is 0 Å². The zero-order valence-corrected chi connectivity index (χ0v) is 10.5. The number of hydrogen-bond acceptors (Lipinski definition) is 0. The molecule has 154 valence electrons. The van der Waals surface area contributed by atoms with Crippen molar-refractivity contribution in [3.05, 3.63) is 0 Å². The van der Waals surface area contributed by atoms with Gasteiger partial charge in [0.05, 0.1) is 0 Å². The first-order valence-corrected chi connectivity index (χ1v) is 5.06. The minimum atomic E-state index is -8.54. The van der Waals surface area contributed by atoms with Crippen molar-refractivity contribution >= 4 is 29.6 Å². The molecule has 0 heterocycles. The zero-order valence-electron chi connectivity index (χ0n) is 10.5. The van der Waals surface area contributed by atoms with E-state index < -0.39 is 48.1 Å². The van der Waals surface area contributed by atoms with Gasteiger partial charge >= 0.3 is 77.7 Å². The van der Waals surface area contributed by atoms with E-state index in [1.807, 2.05) is 0 Å². The third-order valence-corrected chi connectivity index (χ3v) is 2.63. The first-order valence-electron chi connectivity index (χ1n) is 5.06. The molecule has 0 rings (SSSR count). The van der Waals surface area contributed by atoms with Crippen molar-refractivity contribution in [3.8, 4) is 0 Å². The van der Waals surface area contributed by atoms with Gasteiger partial charge in [0.15, 0.2) is 0 Å². The molecule has 0 aromatic carbocycles. The van der Waals surface area contributed by atoms with E-state index in [1.54, 1.807) is 0 Å². The Kier molecular flexibility index (Phi) is 7.55. The molecule has 26 heavy (non-hydrogen) atoms. The molecule has 0 N–H and O–H groups in total. The van der Waals surface area contributed by atoms with Crippen LogP contribution < -0.4 is 0 Å². The number of hydrogen-bond donors (Lipinski definition) is 0. The SMILES string of the molecule is FC(F)C(F)(F)C(F)(F)C(F)(F)C(F)(F)C(F)(F)C(F)(F)C(F)(F)F.[NaH]. The Labute approximate surface area is 153 Å². The summed E-state index contributed by atoms with van der Waals surface area (Å²) in [5, 5.41) is 0. The van der Waals surface area contributed by atoms with Gasteiger partial charge in [-0.15, -0.1) is 0 Å². The maximum absolute atomic E-state index is 12.8. The monoisotopic (exact) mass is 444 g/mol. The third kappa shape index (κ3) is 3.46. The molecule has 0 aromatic heterocycles. The van der Waals surface area contributed by atoms with Gasteiger partial charge in [-0.05, 0) is 0 Å². The van der Waals surface area contributed by atoms with Crippen LogP contribution in [0.5, 0.6) is 0 Å². The van der Waals surface area contributed by atoms with Gasteiger partial charge < -0.3 is 0 Å². The summed E-state index contributed by atoms with van der Waals surface area (Å²) in [4.78, 5) is 0. The predicted molar refractivity (Wildman–Crippen MR) is 48.9 cm³/mol. The molecule has 0 fully saturated rings. The van der Waals surface area contributed by atoms with Gasteiger partial charge in [0, 0.05) is 0 Å². The van der Waals surface area contributed by atoms with Crippen LogP contribution in [0.4, 0.5) is 74.6 Å². The summed E-state index contributed by atoms with van der Waals surface area (Å²) in [5.74, 6) is -49.2. The first kappa shape index (κ1) is 28.0. The molecule has 0 saturated carbocycles. The van der Waals surface area contributed by atoms with Crippen LogP contribution in [0.2, 0.25) is 0 Å². The fourth-order valence-electron chi connectivity index (χ4n) is 1.12. The van der Waals surface area contributed by atoms with Crippen molar-refractivity contribution < 1.29 is 74.6 Å². The molecular weight excluding hydrogens is 442 g/mol. The van der Waals surface area contributed by atoms with Gasteiger partial charge in [-0.1, -0.05) is 0 Å². The van der Waals surface area contributed by atoms with Gasteiger partial charge in [0.25, 0.3) is 0 Å². The second-order valence-electron chi connectivity index (χ2n) is 4.29. The van der Waals surface area contributed by atoms with Crippen molar-refractivity contribution in [2.24, 2.45) is 0 Å². The van der Waals surface area contributed by atoms with E-state index in [0.717, 1.165) is 0 Å². The number of alkyl halides is 17. The summed E-state index contributed by atoms with van der Waals surface area (Å²) in [6.45, 7) is 0. The number of rotatable bonds is 6. The van der Waals surface area contributed by atoms with Crippen LogP contribution in [0.3, 0.4) is 0 Å². The molecule has 0 spiro atoms. The Bertz CT molecular complexity index is 487. The summed E-state index contributed by atoms with van der Waals surface area (Å²) < 4.78 is 209. The standard InChI is InChI=1S/C8HF17.Na.H/c9-1(10)2(11,12)3(13,14)4(15,16)5(17,18)6(19,20)7(21,22)8(23,24)25;;/h1H;;. The second kappa shape index (κ2) is 7.00. The van der Waals surface area contributed by atoms with Crippen LogP contribution in [0, 0.1) is 0 Å². The average molecular weight is 444 g/mol. The summed E-state index contributed by atoms with van der Waals surface area (Å²) in [6, 6.07) is 0. The van der Waals surface area contributed by atoms with Crippen LogP contribution >= 0.6 is 0 Å². The van der Waals surface area contributed by atoms with Crippen molar-refractivity contribution in [2.75, 3.05) is 0 Å². The van der Waals surface area contributed by atoms with E-state index in [-0.39, 0.29) is 29.6 Å². The molecule has 0 aliphatic carbocycles. The van der Waals surface area contributed by atoms with Gasteiger partial charge in [0.2, 0.25) is 0 Å². The van der Waals surface area contributed by atoms with E-state index in [2.05, 4.69) is 0 Å². The molecule has 0 aliphatic heterocycles. The molecule has 0 aliphatic rings. The van der Waals surface area contributed by atoms with Gasteiger partial charge in [0.1, 0.15) is 0 Å². The first-order chi connectivity index (χ1) is 10.4. The maximum atomic E-state index is 12.8. The van der Waals surface area contributed by atoms with Crippen molar-refractivity contribution in [2.45, 2.75) is 48.1 Å². The van der Waals surface area contributed by atoms with Gasteiger partial charge in [-0.2, -0.15) is 65.9 Å². The second-order valence-corrected chi connectivity index (χ2v) is 4.29. The molecule has 0 radical (unpaired) electrons. The molecular formula is C8H2F17Na. The van der Waals surface area contributed by atoms with Gasteiger partial charge in [-0.25, -0.2) is 8.78 Å². The summed E-state index contributed by atoms with van der Waals surface area (Å²) >= 11 is 0. The molecule has 0 unspecified atom stereocenters. The summed E-state index contributed by atoms with van der Waals surface area (Å²) in [5.41, 5.74) is 0. The Morgan fingerprint density at radius 2 is 0.615 bits per heavy atom. The topological polar surface area (TPSA) is 0 Å². The molecule has 0 saturated heterocycles. The van der Waals surface area contributed by atoms with Crippen molar-refractivity contribution in [3.63, 3.8) is 0 Å². The van der Waals surface area contributed by atoms with E-state index in [9.17, 15) is 74.6 Å². The Morgan fingerprint density at radius 1 is 0.385 bits per heavy atom. The number of halogens is 17. The predicted octanol–water partition coefficient (Wildman–Crippen LogP) is 4.98. The Morgan fingerprint density at radius 3 is 0.846 bits per heavy atom. The van der Waals surface area contributed by atoms with E-state index in [4.69, 9.17) is 0 Å². The van der Waals surface area contributed by atoms with E-state index in [0.29, 0.717) is 0 Å². The van der Waals surface area contributed by atoms with Crippen molar-refractivity contribution in [1.82, 2.24) is 0 Å². The zero-order chi connectivity index (χ0) is 21.1.